The molecular formula is C14H14F2O3. The smallest absolute Gasteiger partial charge is 0.312 e. The predicted octanol–water partition coefficient (Wildman–Crippen LogP) is 2.53. The van der Waals surface area contributed by atoms with E-state index >= 15 is 0 Å². The van der Waals surface area contributed by atoms with Crippen molar-refractivity contribution >= 4 is 5.97 Å². The molecule has 102 valence electrons. The largest absolute Gasteiger partial charge is 0.481 e. The lowest BCUT2D eigenvalue weighted by Gasteiger charge is -2.31. The van der Waals surface area contributed by atoms with E-state index in [9.17, 15) is 18.7 Å². The molecule has 3 unspecified atom stereocenters. The number of ether oxygens (including phenoxy) is 1. The molecule has 1 aromatic carbocycles. The van der Waals surface area contributed by atoms with E-state index < -0.39 is 23.0 Å². The Kier molecular flexibility index (Phi) is 2.82. The van der Waals surface area contributed by atoms with E-state index in [2.05, 4.69) is 0 Å². The van der Waals surface area contributed by atoms with Crippen molar-refractivity contribution in [1.29, 1.82) is 0 Å². The van der Waals surface area contributed by atoms with Gasteiger partial charge in [-0.25, -0.2) is 8.78 Å². The highest BCUT2D eigenvalue weighted by atomic mass is 19.2. The first-order valence-corrected chi connectivity index (χ1v) is 6.34. The summed E-state index contributed by atoms with van der Waals surface area (Å²) in [6.07, 6.45) is 1.92. The Morgan fingerprint density at radius 1 is 1.37 bits per heavy atom. The molecule has 2 saturated heterocycles. The molecule has 0 amide bonds. The number of halogens is 2. The summed E-state index contributed by atoms with van der Waals surface area (Å²) in [4.78, 5) is 11.6. The lowest BCUT2D eigenvalue weighted by molar-refractivity contribution is -0.152. The van der Waals surface area contributed by atoms with Crippen LogP contribution in [0.5, 0.6) is 0 Å². The van der Waals surface area contributed by atoms with E-state index in [-0.39, 0.29) is 18.6 Å². The van der Waals surface area contributed by atoms with Gasteiger partial charge in [0.05, 0.1) is 12.2 Å². The van der Waals surface area contributed by atoms with Gasteiger partial charge in [0.25, 0.3) is 0 Å². The normalized spacial score (nSPS) is 32.7. The Morgan fingerprint density at radius 2 is 2.16 bits per heavy atom. The lowest BCUT2D eigenvalue weighted by atomic mass is 9.70. The van der Waals surface area contributed by atoms with E-state index in [1.165, 1.54) is 6.07 Å². The highest BCUT2D eigenvalue weighted by molar-refractivity contribution is 5.76. The fourth-order valence-electron chi connectivity index (χ4n) is 3.30. The topological polar surface area (TPSA) is 46.5 Å². The molecule has 3 nitrogen and oxygen atoms in total. The van der Waals surface area contributed by atoms with Crippen LogP contribution in [0.2, 0.25) is 0 Å². The summed E-state index contributed by atoms with van der Waals surface area (Å²) >= 11 is 0. The van der Waals surface area contributed by atoms with Crippen LogP contribution in [0.3, 0.4) is 0 Å². The van der Waals surface area contributed by atoms with Crippen LogP contribution in [0.15, 0.2) is 18.2 Å². The summed E-state index contributed by atoms with van der Waals surface area (Å²) in [6.45, 7) is 0. The standard InChI is InChI=1S/C14H14F2O3/c15-10-3-1-8(5-11(10)16)6-14(13(17)18)7-9-2-4-12(14)19-9/h1,3,5,9,12H,2,4,6-7H2,(H,17,18). The molecule has 0 spiro atoms. The van der Waals surface area contributed by atoms with Crippen molar-refractivity contribution in [2.45, 2.75) is 37.9 Å². The third-order valence-electron chi connectivity index (χ3n) is 4.25. The SMILES string of the molecule is O=C(O)C1(Cc2ccc(F)c(F)c2)CC2CCC1O2. The Bertz CT molecular complexity index is 531. The Labute approximate surface area is 109 Å². The highest BCUT2D eigenvalue weighted by Gasteiger charge is 2.57. The molecule has 1 aromatic rings. The second-order valence-corrected chi connectivity index (χ2v) is 5.41. The quantitative estimate of drug-likeness (QED) is 0.916. The molecule has 0 aromatic heterocycles. The van der Waals surface area contributed by atoms with Crippen LogP contribution >= 0.6 is 0 Å². The first-order chi connectivity index (χ1) is 9.01. The third-order valence-corrected chi connectivity index (χ3v) is 4.25. The molecule has 1 N–H and O–H groups in total. The first-order valence-electron chi connectivity index (χ1n) is 6.34. The van der Waals surface area contributed by atoms with Gasteiger partial charge in [-0.1, -0.05) is 6.07 Å². The summed E-state index contributed by atoms with van der Waals surface area (Å²) in [5.41, 5.74) is -0.495. The van der Waals surface area contributed by atoms with Gasteiger partial charge in [0.1, 0.15) is 5.41 Å². The molecule has 0 saturated carbocycles. The summed E-state index contributed by atoms with van der Waals surface area (Å²) in [7, 11) is 0. The Hall–Kier alpha value is -1.49. The van der Waals surface area contributed by atoms with Gasteiger partial charge >= 0.3 is 5.97 Å². The van der Waals surface area contributed by atoms with Crippen LogP contribution in [0.4, 0.5) is 8.78 Å². The summed E-state index contributed by atoms with van der Waals surface area (Å²) in [5.74, 6) is -2.77. The van der Waals surface area contributed by atoms with E-state index in [1.807, 2.05) is 0 Å². The van der Waals surface area contributed by atoms with Gasteiger partial charge in [0.15, 0.2) is 11.6 Å². The summed E-state index contributed by atoms with van der Waals surface area (Å²) in [6, 6.07) is 3.55. The zero-order chi connectivity index (χ0) is 13.6. The fraction of sp³-hybridized carbons (Fsp3) is 0.500. The number of benzene rings is 1. The van der Waals surface area contributed by atoms with Crippen LogP contribution in [0.1, 0.15) is 24.8 Å². The number of fused-ring (bicyclic) bond motifs is 2. The van der Waals surface area contributed by atoms with E-state index in [1.54, 1.807) is 0 Å². The number of carbonyl (C=O) groups is 1. The first kappa shape index (κ1) is 12.5. The van der Waals surface area contributed by atoms with E-state index in [0.29, 0.717) is 12.0 Å². The van der Waals surface area contributed by atoms with Crippen LogP contribution in [0.25, 0.3) is 0 Å². The van der Waals surface area contributed by atoms with Gasteiger partial charge < -0.3 is 9.84 Å². The molecular weight excluding hydrogens is 254 g/mol. The molecule has 5 heteroatoms. The van der Waals surface area contributed by atoms with Gasteiger partial charge in [-0.3, -0.25) is 4.79 Å². The van der Waals surface area contributed by atoms with Crippen LogP contribution in [0, 0.1) is 17.0 Å². The number of carboxylic acids is 1. The van der Waals surface area contributed by atoms with Gasteiger partial charge in [0.2, 0.25) is 0 Å². The molecule has 0 radical (unpaired) electrons. The second kappa shape index (κ2) is 4.27. The lowest BCUT2D eigenvalue weighted by Crippen LogP contribution is -2.42. The van der Waals surface area contributed by atoms with Crippen molar-refractivity contribution in [1.82, 2.24) is 0 Å². The molecule has 2 fully saturated rings. The fourth-order valence-corrected chi connectivity index (χ4v) is 3.30. The minimum atomic E-state index is -0.993. The van der Waals surface area contributed by atoms with Gasteiger partial charge in [0, 0.05) is 0 Å². The maximum atomic E-state index is 13.2. The summed E-state index contributed by atoms with van der Waals surface area (Å²) < 4.78 is 31.7. The minimum Gasteiger partial charge on any atom is -0.481 e. The number of rotatable bonds is 3. The number of carboxylic acid groups (broad SMARTS) is 1. The Morgan fingerprint density at radius 3 is 2.68 bits per heavy atom. The molecule has 2 bridgehead atoms. The van der Waals surface area contributed by atoms with Crippen molar-refractivity contribution in [3.8, 4) is 0 Å². The van der Waals surface area contributed by atoms with Crippen LogP contribution in [-0.4, -0.2) is 23.3 Å². The van der Waals surface area contributed by atoms with Crippen molar-refractivity contribution < 1.29 is 23.4 Å². The van der Waals surface area contributed by atoms with Gasteiger partial charge in [-0.05, 0) is 43.4 Å². The van der Waals surface area contributed by atoms with Crippen LogP contribution in [-0.2, 0) is 16.0 Å². The highest BCUT2D eigenvalue weighted by Crippen LogP contribution is 2.49. The monoisotopic (exact) mass is 268 g/mol. The molecule has 2 aliphatic rings. The maximum absolute atomic E-state index is 13.2. The average Bonchev–Trinajstić information content (AvgIpc) is 2.94. The second-order valence-electron chi connectivity index (χ2n) is 5.41. The molecule has 2 aliphatic heterocycles. The minimum absolute atomic E-state index is 0.00797. The average molecular weight is 268 g/mol. The maximum Gasteiger partial charge on any atom is 0.312 e. The zero-order valence-electron chi connectivity index (χ0n) is 10.2. The number of hydrogen-bond acceptors (Lipinski definition) is 2. The van der Waals surface area contributed by atoms with Gasteiger partial charge in [-0.15, -0.1) is 0 Å². The molecule has 19 heavy (non-hydrogen) atoms. The summed E-state index contributed by atoms with van der Waals surface area (Å²) in [5, 5.41) is 9.52. The number of hydrogen-bond donors (Lipinski definition) is 1. The molecule has 3 atom stereocenters. The Balaban J connectivity index is 1.90. The van der Waals surface area contributed by atoms with Crippen LogP contribution < -0.4 is 0 Å². The van der Waals surface area contributed by atoms with Crippen molar-refractivity contribution in [2.24, 2.45) is 5.41 Å². The van der Waals surface area contributed by atoms with Crippen molar-refractivity contribution in [3.63, 3.8) is 0 Å². The molecule has 3 rings (SSSR count). The van der Waals surface area contributed by atoms with Crippen molar-refractivity contribution in [2.75, 3.05) is 0 Å². The van der Waals surface area contributed by atoms with Crippen molar-refractivity contribution in [3.05, 3.63) is 35.4 Å². The van der Waals surface area contributed by atoms with E-state index in [0.717, 1.165) is 25.0 Å². The molecule has 0 aliphatic carbocycles. The molecule has 2 heterocycles. The zero-order valence-corrected chi connectivity index (χ0v) is 10.2. The number of aliphatic carboxylic acids is 1. The third kappa shape index (κ3) is 1.92. The van der Waals surface area contributed by atoms with E-state index in [4.69, 9.17) is 4.74 Å². The van der Waals surface area contributed by atoms with Gasteiger partial charge in [-0.2, -0.15) is 0 Å². The predicted molar refractivity (Wildman–Crippen MR) is 62.6 cm³/mol.